The maximum atomic E-state index is 13.1. The third kappa shape index (κ3) is 2.63. The van der Waals surface area contributed by atoms with Crippen LogP contribution in [0.5, 0.6) is 5.88 Å². The van der Waals surface area contributed by atoms with Crippen molar-refractivity contribution in [3.8, 4) is 17.0 Å². The van der Waals surface area contributed by atoms with Gasteiger partial charge in [0.15, 0.2) is 5.78 Å². The van der Waals surface area contributed by atoms with Crippen LogP contribution in [0.1, 0.15) is 21.5 Å². The van der Waals surface area contributed by atoms with Crippen molar-refractivity contribution in [1.29, 1.82) is 0 Å². The molecule has 0 spiro atoms. The van der Waals surface area contributed by atoms with Gasteiger partial charge >= 0.3 is 0 Å². The molecule has 0 atom stereocenters. The number of benzene rings is 1. The van der Waals surface area contributed by atoms with Crippen molar-refractivity contribution in [3.63, 3.8) is 0 Å². The lowest BCUT2D eigenvalue weighted by molar-refractivity contribution is 0.104. The number of pyridine rings is 2. The summed E-state index contributed by atoms with van der Waals surface area (Å²) < 4.78 is 5.13. The number of aromatic amines is 1. The van der Waals surface area contributed by atoms with Gasteiger partial charge in [-0.15, -0.1) is 0 Å². The first-order valence-electron chi connectivity index (χ1n) is 8.26. The molecular formula is C21H17N3O2. The second kappa shape index (κ2) is 6.44. The van der Waals surface area contributed by atoms with E-state index in [1.165, 1.54) is 0 Å². The van der Waals surface area contributed by atoms with Crippen LogP contribution < -0.4 is 4.74 Å². The molecule has 0 aliphatic carbocycles. The van der Waals surface area contributed by atoms with Crippen molar-refractivity contribution >= 4 is 16.8 Å². The van der Waals surface area contributed by atoms with Crippen molar-refractivity contribution < 1.29 is 9.53 Å². The van der Waals surface area contributed by atoms with Crippen molar-refractivity contribution in [2.75, 3.05) is 7.11 Å². The number of hydrogen-bond donors (Lipinski definition) is 1. The molecular weight excluding hydrogens is 326 g/mol. The van der Waals surface area contributed by atoms with E-state index in [0.29, 0.717) is 22.7 Å². The molecule has 3 heterocycles. The van der Waals surface area contributed by atoms with Gasteiger partial charge in [-0.05, 0) is 30.2 Å². The second-order valence-electron chi connectivity index (χ2n) is 6.02. The maximum Gasteiger partial charge on any atom is 0.212 e. The molecule has 0 amide bonds. The summed E-state index contributed by atoms with van der Waals surface area (Å²) in [5.41, 5.74) is 4.72. The van der Waals surface area contributed by atoms with Crippen LogP contribution in [0.3, 0.4) is 0 Å². The zero-order valence-electron chi connectivity index (χ0n) is 14.5. The molecule has 5 heteroatoms. The van der Waals surface area contributed by atoms with Crippen LogP contribution in [0.15, 0.2) is 61.1 Å². The zero-order chi connectivity index (χ0) is 18.1. The molecule has 0 unspecified atom stereocenters. The molecule has 0 aliphatic rings. The maximum absolute atomic E-state index is 13.1. The smallest absolute Gasteiger partial charge is 0.212 e. The SMILES string of the molecule is COc1ccc(-c2ccnc3[nH]cc(C(=O)c4ccccc4C)c23)cn1. The Morgan fingerprint density at radius 3 is 2.62 bits per heavy atom. The van der Waals surface area contributed by atoms with E-state index in [1.54, 1.807) is 31.8 Å². The molecule has 0 aliphatic heterocycles. The van der Waals surface area contributed by atoms with E-state index in [1.807, 2.05) is 43.3 Å². The number of nitrogens with one attached hydrogen (secondary N) is 1. The molecule has 3 aromatic heterocycles. The van der Waals surface area contributed by atoms with Gasteiger partial charge in [0.25, 0.3) is 0 Å². The van der Waals surface area contributed by atoms with Crippen molar-refractivity contribution in [1.82, 2.24) is 15.0 Å². The van der Waals surface area contributed by atoms with E-state index in [-0.39, 0.29) is 5.78 Å². The van der Waals surface area contributed by atoms with E-state index in [2.05, 4.69) is 15.0 Å². The first kappa shape index (κ1) is 16.0. The summed E-state index contributed by atoms with van der Waals surface area (Å²) in [7, 11) is 1.58. The molecule has 4 rings (SSSR count). The van der Waals surface area contributed by atoms with E-state index >= 15 is 0 Å². The minimum atomic E-state index is -0.0231. The monoisotopic (exact) mass is 343 g/mol. The fourth-order valence-corrected chi connectivity index (χ4v) is 3.11. The second-order valence-corrected chi connectivity index (χ2v) is 6.02. The van der Waals surface area contributed by atoms with E-state index in [4.69, 9.17) is 4.74 Å². The third-order valence-electron chi connectivity index (χ3n) is 4.46. The van der Waals surface area contributed by atoms with Crippen molar-refractivity contribution in [2.45, 2.75) is 6.92 Å². The van der Waals surface area contributed by atoms with Crippen LogP contribution >= 0.6 is 0 Å². The molecule has 0 radical (unpaired) electrons. The van der Waals surface area contributed by atoms with Gasteiger partial charge in [0.1, 0.15) is 5.65 Å². The lowest BCUT2D eigenvalue weighted by Gasteiger charge is -2.08. The number of nitrogens with zero attached hydrogens (tertiary/aromatic N) is 2. The zero-order valence-corrected chi connectivity index (χ0v) is 14.5. The minimum absolute atomic E-state index is 0.0231. The van der Waals surface area contributed by atoms with Crippen LogP contribution in [0.2, 0.25) is 0 Å². The third-order valence-corrected chi connectivity index (χ3v) is 4.46. The van der Waals surface area contributed by atoms with Crippen LogP contribution in [0, 0.1) is 6.92 Å². The number of carbonyl (C=O) groups excluding carboxylic acids is 1. The van der Waals surface area contributed by atoms with Gasteiger partial charge in [-0.25, -0.2) is 9.97 Å². The van der Waals surface area contributed by atoms with Gasteiger partial charge < -0.3 is 9.72 Å². The molecule has 0 saturated carbocycles. The van der Waals surface area contributed by atoms with Crippen LogP contribution in [-0.2, 0) is 0 Å². The summed E-state index contributed by atoms with van der Waals surface area (Å²) in [6.07, 6.45) is 5.19. The Morgan fingerprint density at radius 2 is 1.88 bits per heavy atom. The summed E-state index contributed by atoms with van der Waals surface area (Å²) in [6, 6.07) is 13.2. The predicted octanol–water partition coefficient (Wildman–Crippen LogP) is 4.17. The molecule has 0 fully saturated rings. The van der Waals surface area contributed by atoms with Gasteiger partial charge in [-0.3, -0.25) is 4.79 Å². The van der Waals surface area contributed by atoms with Gasteiger partial charge in [0, 0.05) is 41.2 Å². The highest BCUT2D eigenvalue weighted by Crippen LogP contribution is 2.31. The molecule has 128 valence electrons. The number of rotatable bonds is 4. The van der Waals surface area contributed by atoms with E-state index in [9.17, 15) is 4.79 Å². The number of aryl methyl sites for hydroxylation is 1. The van der Waals surface area contributed by atoms with Crippen molar-refractivity contribution in [3.05, 3.63) is 77.7 Å². The summed E-state index contributed by atoms with van der Waals surface area (Å²) in [5.74, 6) is 0.523. The number of hydrogen-bond acceptors (Lipinski definition) is 4. The summed E-state index contributed by atoms with van der Waals surface area (Å²) in [6.45, 7) is 1.94. The molecule has 0 saturated heterocycles. The van der Waals surface area contributed by atoms with Crippen LogP contribution in [0.25, 0.3) is 22.2 Å². The molecule has 1 N–H and O–H groups in total. The first-order valence-corrected chi connectivity index (χ1v) is 8.26. The summed E-state index contributed by atoms with van der Waals surface area (Å²) in [4.78, 5) is 24.9. The topological polar surface area (TPSA) is 67.9 Å². The van der Waals surface area contributed by atoms with Gasteiger partial charge in [0.05, 0.1) is 12.7 Å². The number of methoxy groups -OCH3 is 1. The number of aromatic nitrogens is 3. The molecule has 4 aromatic rings. The lowest BCUT2D eigenvalue weighted by Crippen LogP contribution is -2.03. The molecule has 5 nitrogen and oxygen atoms in total. The average Bonchev–Trinajstić information content (AvgIpc) is 3.12. The quantitative estimate of drug-likeness (QED) is 0.565. The Bertz CT molecular complexity index is 1100. The Hall–Kier alpha value is -3.47. The fourth-order valence-electron chi connectivity index (χ4n) is 3.11. The van der Waals surface area contributed by atoms with Crippen LogP contribution in [-0.4, -0.2) is 27.8 Å². The van der Waals surface area contributed by atoms with Gasteiger partial charge in [-0.1, -0.05) is 24.3 Å². The highest BCUT2D eigenvalue weighted by molar-refractivity contribution is 6.19. The highest BCUT2D eigenvalue weighted by atomic mass is 16.5. The summed E-state index contributed by atoms with van der Waals surface area (Å²) >= 11 is 0. The first-order chi connectivity index (χ1) is 12.7. The average molecular weight is 343 g/mol. The number of ether oxygens (including phenoxy) is 1. The lowest BCUT2D eigenvalue weighted by atomic mass is 9.96. The fraction of sp³-hybridized carbons (Fsp3) is 0.0952. The standard InChI is InChI=1S/C21H17N3O2/c1-13-5-3-4-6-15(13)20(25)17-12-24-21-19(17)16(9-10-22-21)14-7-8-18(26-2)23-11-14/h3-12H,1-2H3,(H,22,24). The molecule has 0 bridgehead atoms. The predicted molar refractivity (Wildman–Crippen MR) is 100 cm³/mol. The van der Waals surface area contributed by atoms with E-state index < -0.39 is 0 Å². The highest BCUT2D eigenvalue weighted by Gasteiger charge is 2.19. The van der Waals surface area contributed by atoms with Crippen molar-refractivity contribution in [2.24, 2.45) is 0 Å². The number of fused-ring (bicyclic) bond motifs is 1. The van der Waals surface area contributed by atoms with Gasteiger partial charge in [0.2, 0.25) is 5.88 Å². The number of ketones is 1. The van der Waals surface area contributed by atoms with Gasteiger partial charge in [-0.2, -0.15) is 0 Å². The number of carbonyl (C=O) groups is 1. The van der Waals surface area contributed by atoms with Crippen LogP contribution in [0.4, 0.5) is 0 Å². The Labute approximate surface area is 150 Å². The largest absolute Gasteiger partial charge is 0.481 e. The summed E-state index contributed by atoms with van der Waals surface area (Å²) in [5, 5.41) is 0.799. The molecule has 26 heavy (non-hydrogen) atoms. The normalized spacial score (nSPS) is 10.8. The van der Waals surface area contributed by atoms with E-state index in [0.717, 1.165) is 22.1 Å². The number of H-pyrrole nitrogens is 1. The Kier molecular flexibility index (Phi) is 3.97. The Morgan fingerprint density at radius 1 is 1.04 bits per heavy atom. The minimum Gasteiger partial charge on any atom is -0.481 e. The Balaban J connectivity index is 1.89. The molecule has 1 aromatic carbocycles.